The van der Waals surface area contributed by atoms with Crippen LogP contribution >= 0.6 is 0 Å². The summed E-state index contributed by atoms with van der Waals surface area (Å²) in [7, 11) is 1.53. The van der Waals surface area contributed by atoms with Crippen molar-refractivity contribution in [3.8, 4) is 0 Å². The highest BCUT2D eigenvalue weighted by molar-refractivity contribution is 5.19. The van der Waals surface area contributed by atoms with E-state index in [1.54, 1.807) is 0 Å². The van der Waals surface area contributed by atoms with Gasteiger partial charge in [0.15, 0.2) is 6.29 Å². The van der Waals surface area contributed by atoms with Crippen LogP contribution in [-0.4, -0.2) is 86.7 Å². The van der Waals surface area contributed by atoms with E-state index in [4.69, 9.17) is 47.4 Å². The Hall–Kier alpha value is -5.90. The van der Waals surface area contributed by atoms with Gasteiger partial charge >= 0.3 is 0 Å². The molecule has 2 aliphatic heterocycles. The molecule has 386 valence electrons. The first kappa shape index (κ1) is 52.9. The highest BCUT2D eigenvalue weighted by Gasteiger charge is 2.58. The van der Waals surface area contributed by atoms with Crippen molar-refractivity contribution < 1.29 is 52.5 Å². The summed E-state index contributed by atoms with van der Waals surface area (Å²) in [5.41, 5.74) is 6.81. The van der Waals surface area contributed by atoms with Gasteiger partial charge < -0.3 is 52.5 Å². The molecule has 2 fully saturated rings. The molecule has 0 saturated carbocycles. The molecule has 7 aromatic rings. The number of ether oxygens (including phenoxy) is 10. The minimum Gasteiger partial charge on any atom is -0.387 e. The summed E-state index contributed by atoms with van der Waals surface area (Å²) in [6.07, 6.45) is -8.88. The molecule has 11 heteroatoms. The average Bonchev–Trinajstić information content (AvgIpc) is 3.47. The van der Waals surface area contributed by atoms with Gasteiger partial charge in [0.1, 0.15) is 42.7 Å². The van der Waals surface area contributed by atoms with Crippen molar-refractivity contribution in [1.29, 1.82) is 0 Å². The van der Waals surface area contributed by atoms with Gasteiger partial charge in [0.25, 0.3) is 0 Å². The molecule has 2 heterocycles. The van der Waals surface area contributed by atoms with Crippen LogP contribution in [0.4, 0.5) is 0 Å². The molecule has 7 aromatic carbocycles. The molecule has 2 saturated heterocycles. The van der Waals surface area contributed by atoms with Gasteiger partial charge in [-0.1, -0.05) is 212 Å². The van der Waals surface area contributed by atoms with Crippen LogP contribution in [-0.2, 0) is 93.6 Å². The fourth-order valence-electron chi connectivity index (χ4n) is 9.80. The van der Waals surface area contributed by atoms with Crippen molar-refractivity contribution in [2.24, 2.45) is 5.92 Å². The van der Waals surface area contributed by atoms with Crippen LogP contribution in [0.3, 0.4) is 0 Å². The van der Waals surface area contributed by atoms with E-state index in [9.17, 15) is 5.11 Å². The standard InChI is InChI=1S/C63H68O11/c1-65-63-56(64)55(57(68-39-48-27-13-4-14-28-48)53(74-63)44-66-37-46-23-9-2-10-24-46)59(70-41-50-31-17-6-18-32-50)62-61(72-43-52-35-21-8-22-36-52)60(71-42-51-33-19-7-20-34-51)58(69-40-49-29-15-5-16-30-49)54(73-62)45-67-38-47-25-11-3-12-26-47/h2-36,53-64H,37-45H2,1H3/t53-,54-,55-,56-,57+,58+,59-,60+,61-,62+,63-/m1/s1. The number of hydrogen-bond acceptors (Lipinski definition) is 11. The molecule has 0 aromatic heterocycles. The zero-order valence-corrected chi connectivity index (χ0v) is 42.0. The maximum absolute atomic E-state index is 12.9. The van der Waals surface area contributed by atoms with Gasteiger partial charge in [-0.05, 0) is 38.9 Å². The highest BCUT2D eigenvalue weighted by atomic mass is 16.7. The lowest BCUT2D eigenvalue weighted by Crippen LogP contribution is -2.68. The van der Waals surface area contributed by atoms with E-state index < -0.39 is 67.1 Å². The summed E-state index contributed by atoms with van der Waals surface area (Å²) in [5, 5.41) is 12.9. The summed E-state index contributed by atoms with van der Waals surface area (Å²) in [4.78, 5) is 0. The largest absolute Gasteiger partial charge is 0.387 e. The molecule has 1 N–H and O–H groups in total. The van der Waals surface area contributed by atoms with E-state index in [2.05, 4.69) is 0 Å². The normalized spacial score (nSPS) is 24.3. The molecule has 0 aliphatic carbocycles. The Labute approximate surface area is 435 Å². The Morgan fingerprint density at radius 2 is 0.703 bits per heavy atom. The minimum absolute atomic E-state index is 0.121. The summed E-state index contributed by atoms with van der Waals surface area (Å²) in [6, 6.07) is 70.1. The predicted molar refractivity (Wildman–Crippen MR) is 281 cm³/mol. The van der Waals surface area contributed by atoms with Gasteiger partial charge in [-0.3, -0.25) is 0 Å². The van der Waals surface area contributed by atoms with E-state index in [-0.39, 0.29) is 46.2 Å². The van der Waals surface area contributed by atoms with E-state index in [0.29, 0.717) is 13.2 Å². The van der Waals surface area contributed by atoms with Crippen molar-refractivity contribution in [3.05, 3.63) is 251 Å². The van der Waals surface area contributed by atoms with Gasteiger partial charge in [-0.25, -0.2) is 0 Å². The van der Waals surface area contributed by atoms with Gasteiger partial charge in [0.05, 0.1) is 71.7 Å². The van der Waals surface area contributed by atoms with Crippen LogP contribution in [0, 0.1) is 5.92 Å². The lowest BCUT2D eigenvalue weighted by molar-refractivity contribution is -0.333. The van der Waals surface area contributed by atoms with Crippen LogP contribution in [0.15, 0.2) is 212 Å². The maximum atomic E-state index is 12.9. The Balaban J connectivity index is 1.16. The second-order valence-electron chi connectivity index (χ2n) is 18.8. The molecule has 0 radical (unpaired) electrons. The van der Waals surface area contributed by atoms with Gasteiger partial charge in [-0.15, -0.1) is 0 Å². The van der Waals surface area contributed by atoms with Crippen molar-refractivity contribution in [2.45, 2.75) is 107 Å². The first-order valence-electron chi connectivity index (χ1n) is 25.6. The third-order valence-corrected chi connectivity index (χ3v) is 13.5. The van der Waals surface area contributed by atoms with Gasteiger partial charge in [0, 0.05) is 13.0 Å². The van der Waals surface area contributed by atoms with Gasteiger partial charge in [-0.2, -0.15) is 0 Å². The molecule has 0 amide bonds. The Morgan fingerprint density at radius 3 is 1.09 bits per heavy atom. The molecule has 74 heavy (non-hydrogen) atoms. The van der Waals surface area contributed by atoms with Crippen LogP contribution in [0.5, 0.6) is 0 Å². The molecule has 11 atom stereocenters. The fourth-order valence-corrected chi connectivity index (χ4v) is 9.80. The first-order valence-corrected chi connectivity index (χ1v) is 25.6. The Bertz CT molecular complexity index is 2600. The van der Waals surface area contributed by atoms with Crippen LogP contribution < -0.4 is 0 Å². The lowest BCUT2D eigenvalue weighted by atomic mass is 9.78. The summed E-state index contributed by atoms with van der Waals surface area (Å²) >= 11 is 0. The molecule has 2 aliphatic rings. The first-order chi connectivity index (χ1) is 36.6. The summed E-state index contributed by atoms with van der Waals surface area (Å²) in [6.45, 7) is 2.03. The molecule has 9 rings (SSSR count). The minimum atomic E-state index is -1.28. The number of methoxy groups -OCH3 is 1. The SMILES string of the molecule is CO[C@@H]1O[C@H](COCc2ccccc2)[C@H](OCc2ccccc2)[C@H]([C@@H](OCc2ccccc2)[C@@H]2O[C@H](COCc3ccccc3)[C@H](OCc3ccccc3)[C@H](OCc3ccccc3)[C@H]2OCc2ccccc2)[C@H]1O. The van der Waals surface area contributed by atoms with E-state index in [1.165, 1.54) is 7.11 Å². The summed E-state index contributed by atoms with van der Waals surface area (Å²) < 4.78 is 69.2. The second kappa shape index (κ2) is 28.1. The molecule has 11 nitrogen and oxygen atoms in total. The molecule has 0 bridgehead atoms. The number of benzene rings is 7. The lowest BCUT2D eigenvalue weighted by Gasteiger charge is -2.52. The third kappa shape index (κ3) is 14.9. The monoisotopic (exact) mass is 1000 g/mol. The fraction of sp³-hybridized carbons (Fsp3) is 0.333. The van der Waals surface area contributed by atoms with Crippen molar-refractivity contribution in [1.82, 2.24) is 0 Å². The predicted octanol–water partition coefficient (Wildman–Crippen LogP) is 10.5. The summed E-state index contributed by atoms with van der Waals surface area (Å²) in [5.74, 6) is -0.860. The zero-order chi connectivity index (χ0) is 50.6. The molecule has 0 unspecified atom stereocenters. The maximum Gasteiger partial charge on any atom is 0.184 e. The topological polar surface area (TPSA) is 113 Å². The van der Waals surface area contributed by atoms with Crippen molar-refractivity contribution in [2.75, 3.05) is 20.3 Å². The van der Waals surface area contributed by atoms with Crippen LogP contribution in [0.2, 0.25) is 0 Å². The van der Waals surface area contributed by atoms with Crippen LogP contribution in [0.25, 0.3) is 0 Å². The van der Waals surface area contributed by atoms with Crippen LogP contribution in [0.1, 0.15) is 38.9 Å². The van der Waals surface area contributed by atoms with Gasteiger partial charge in [0.2, 0.25) is 0 Å². The number of aliphatic hydroxyl groups is 1. The van der Waals surface area contributed by atoms with E-state index >= 15 is 0 Å². The Kier molecular flexibility index (Phi) is 20.1. The van der Waals surface area contributed by atoms with E-state index in [1.807, 2.05) is 212 Å². The smallest absolute Gasteiger partial charge is 0.184 e. The van der Waals surface area contributed by atoms with E-state index in [0.717, 1.165) is 38.9 Å². The number of hydrogen-bond donors (Lipinski definition) is 1. The number of aliphatic hydroxyl groups excluding tert-OH is 1. The molecule has 0 spiro atoms. The Morgan fingerprint density at radius 1 is 0.378 bits per heavy atom. The third-order valence-electron chi connectivity index (χ3n) is 13.5. The molecular formula is C63H68O11. The van der Waals surface area contributed by atoms with Crippen molar-refractivity contribution in [3.63, 3.8) is 0 Å². The zero-order valence-electron chi connectivity index (χ0n) is 42.0. The average molecular weight is 1000 g/mol. The quantitative estimate of drug-likeness (QED) is 0.0560. The van der Waals surface area contributed by atoms with Crippen molar-refractivity contribution >= 4 is 0 Å². The number of rotatable bonds is 26. The highest BCUT2D eigenvalue weighted by Crippen LogP contribution is 2.41. The molecular weight excluding hydrogens is 933 g/mol. The second-order valence-corrected chi connectivity index (χ2v) is 18.8.